The Bertz CT molecular complexity index is 87.1. The van der Waals surface area contributed by atoms with Gasteiger partial charge in [-0.2, -0.15) is 0 Å². The van der Waals surface area contributed by atoms with Crippen LogP contribution in [0.2, 0.25) is 0 Å². The summed E-state index contributed by atoms with van der Waals surface area (Å²) in [6, 6.07) is 0. The first-order valence-electron chi connectivity index (χ1n) is 3.08. The van der Waals surface area contributed by atoms with E-state index in [9.17, 15) is 8.78 Å². The second kappa shape index (κ2) is 3.12. The average molecular weight is 246 g/mol. The van der Waals surface area contributed by atoms with E-state index in [0.717, 1.165) is 4.43 Å². The molecule has 0 heterocycles. The maximum Gasteiger partial charge on any atom is 0.131 e. The van der Waals surface area contributed by atoms with Crippen LogP contribution in [0.15, 0.2) is 0 Å². The largest absolute Gasteiger partial charge is 0.244 e. The van der Waals surface area contributed by atoms with E-state index in [1.807, 2.05) is 0 Å². The van der Waals surface area contributed by atoms with E-state index in [2.05, 4.69) is 22.6 Å². The number of halogens is 3. The summed E-state index contributed by atoms with van der Waals surface area (Å²) < 4.78 is 25.6. The maximum atomic E-state index is 12.4. The van der Waals surface area contributed by atoms with E-state index in [1.165, 1.54) is 0 Å². The minimum atomic E-state index is -1.18. The predicted molar refractivity (Wildman–Crippen MR) is 41.4 cm³/mol. The minimum Gasteiger partial charge on any atom is -0.244 e. The van der Waals surface area contributed by atoms with Crippen molar-refractivity contribution < 1.29 is 8.78 Å². The Morgan fingerprint density at radius 3 is 1.89 bits per heavy atom. The molecule has 0 spiro atoms. The molecule has 1 saturated carbocycles. The van der Waals surface area contributed by atoms with Crippen LogP contribution in [0.25, 0.3) is 0 Å². The highest BCUT2D eigenvalue weighted by atomic mass is 127. The molecule has 54 valence electrons. The summed E-state index contributed by atoms with van der Waals surface area (Å²) >= 11 is 2.18. The molecular formula is C6H9F2I. The lowest BCUT2D eigenvalue weighted by Gasteiger charge is -1.98. The first-order valence-corrected chi connectivity index (χ1v) is 4.60. The Labute approximate surface area is 67.2 Å². The standard InChI is InChI=1S/C6H9F2I/c7-5-1-4(3-9)2-6(5)8/h4-6H,1-3H2/t4?,5-,6+. The smallest absolute Gasteiger partial charge is 0.131 e. The second-order valence-corrected chi connectivity index (χ2v) is 3.40. The van der Waals surface area contributed by atoms with Gasteiger partial charge in [0.2, 0.25) is 0 Å². The highest BCUT2D eigenvalue weighted by Gasteiger charge is 2.33. The Morgan fingerprint density at radius 2 is 1.67 bits per heavy atom. The molecule has 0 bridgehead atoms. The van der Waals surface area contributed by atoms with Crippen molar-refractivity contribution >= 4 is 22.6 Å². The lowest BCUT2D eigenvalue weighted by molar-refractivity contribution is 0.199. The van der Waals surface area contributed by atoms with Crippen molar-refractivity contribution in [2.24, 2.45) is 5.92 Å². The average Bonchev–Trinajstić information content (AvgIpc) is 2.13. The van der Waals surface area contributed by atoms with Crippen molar-refractivity contribution in [1.29, 1.82) is 0 Å². The van der Waals surface area contributed by atoms with E-state index < -0.39 is 12.3 Å². The molecule has 9 heavy (non-hydrogen) atoms. The van der Waals surface area contributed by atoms with Crippen LogP contribution in [0.5, 0.6) is 0 Å². The topological polar surface area (TPSA) is 0 Å². The molecule has 0 aliphatic heterocycles. The molecular weight excluding hydrogens is 237 g/mol. The summed E-state index contributed by atoms with van der Waals surface area (Å²) in [6.07, 6.45) is -1.48. The lowest BCUT2D eigenvalue weighted by Crippen LogP contribution is -2.06. The van der Waals surface area contributed by atoms with Crippen molar-refractivity contribution in [3.05, 3.63) is 0 Å². The van der Waals surface area contributed by atoms with Gasteiger partial charge < -0.3 is 0 Å². The monoisotopic (exact) mass is 246 g/mol. The molecule has 0 aromatic heterocycles. The molecule has 1 aliphatic rings. The third-order valence-corrected chi connectivity index (χ3v) is 2.97. The lowest BCUT2D eigenvalue weighted by atomic mass is 10.1. The van der Waals surface area contributed by atoms with Crippen LogP contribution in [0, 0.1) is 5.92 Å². The Balaban J connectivity index is 2.35. The molecule has 1 aliphatic carbocycles. The highest BCUT2D eigenvalue weighted by molar-refractivity contribution is 14.1. The van der Waals surface area contributed by atoms with Crippen LogP contribution in [-0.2, 0) is 0 Å². The third kappa shape index (κ3) is 1.75. The molecule has 1 unspecified atom stereocenters. The molecule has 1 fully saturated rings. The molecule has 0 aromatic carbocycles. The molecule has 0 N–H and O–H groups in total. The van der Waals surface area contributed by atoms with Gasteiger partial charge in [-0.1, -0.05) is 22.6 Å². The normalized spacial score (nSPS) is 43.7. The molecule has 1 rings (SSSR count). The van der Waals surface area contributed by atoms with E-state index in [-0.39, 0.29) is 5.92 Å². The van der Waals surface area contributed by atoms with Gasteiger partial charge in [0.05, 0.1) is 0 Å². The zero-order valence-electron chi connectivity index (χ0n) is 4.99. The van der Waals surface area contributed by atoms with E-state index in [0.29, 0.717) is 12.8 Å². The fourth-order valence-corrected chi connectivity index (χ4v) is 1.87. The first kappa shape index (κ1) is 7.69. The van der Waals surface area contributed by atoms with Gasteiger partial charge in [0.15, 0.2) is 0 Å². The Kier molecular flexibility index (Phi) is 2.67. The van der Waals surface area contributed by atoms with Crippen molar-refractivity contribution in [3.63, 3.8) is 0 Å². The van der Waals surface area contributed by atoms with Gasteiger partial charge >= 0.3 is 0 Å². The number of alkyl halides is 3. The molecule has 0 aromatic rings. The molecule has 0 amide bonds. The van der Waals surface area contributed by atoms with Crippen LogP contribution >= 0.6 is 22.6 Å². The number of hydrogen-bond acceptors (Lipinski definition) is 0. The summed E-state index contributed by atoms with van der Waals surface area (Å²) in [4.78, 5) is 0. The Morgan fingerprint density at radius 1 is 1.22 bits per heavy atom. The van der Waals surface area contributed by atoms with Crippen LogP contribution in [-0.4, -0.2) is 16.8 Å². The fourth-order valence-electron chi connectivity index (χ4n) is 1.15. The van der Waals surface area contributed by atoms with Gasteiger partial charge in [-0.3, -0.25) is 0 Å². The molecule has 0 nitrogen and oxygen atoms in total. The second-order valence-electron chi connectivity index (χ2n) is 2.52. The zero-order valence-corrected chi connectivity index (χ0v) is 7.14. The van der Waals surface area contributed by atoms with Crippen LogP contribution in [0.3, 0.4) is 0 Å². The van der Waals surface area contributed by atoms with Gasteiger partial charge in [0.25, 0.3) is 0 Å². The van der Waals surface area contributed by atoms with Crippen LogP contribution in [0.4, 0.5) is 8.78 Å². The predicted octanol–water partition coefficient (Wildman–Crippen LogP) is 2.51. The summed E-state index contributed by atoms with van der Waals surface area (Å²) in [7, 11) is 0. The van der Waals surface area contributed by atoms with Crippen molar-refractivity contribution in [2.45, 2.75) is 25.2 Å². The summed E-state index contributed by atoms with van der Waals surface area (Å²) in [6.45, 7) is 0. The van der Waals surface area contributed by atoms with Gasteiger partial charge in [-0.25, -0.2) is 8.78 Å². The van der Waals surface area contributed by atoms with Crippen LogP contribution < -0.4 is 0 Å². The highest BCUT2D eigenvalue weighted by Crippen LogP contribution is 2.31. The number of hydrogen-bond donors (Lipinski definition) is 0. The van der Waals surface area contributed by atoms with Crippen molar-refractivity contribution in [2.75, 3.05) is 4.43 Å². The molecule has 0 radical (unpaired) electrons. The summed E-state index contributed by atoms with van der Waals surface area (Å²) in [5.74, 6) is 0.288. The van der Waals surface area contributed by atoms with Gasteiger partial charge in [-0.05, 0) is 18.8 Å². The van der Waals surface area contributed by atoms with E-state index in [1.54, 1.807) is 0 Å². The molecule has 3 atom stereocenters. The SMILES string of the molecule is F[C@@H]1CC(CI)C[C@@H]1F. The number of rotatable bonds is 1. The van der Waals surface area contributed by atoms with Gasteiger partial charge in [-0.15, -0.1) is 0 Å². The molecule has 3 heteroatoms. The van der Waals surface area contributed by atoms with Gasteiger partial charge in [0, 0.05) is 4.43 Å². The zero-order chi connectivity index (χ0) is 6.85. The van der Waals surface area contributed by atoms with Crippen molar-refractivity contribution in [1.82, 2.24) is 0 Å². The van der Waals surface area contributed by atoms with Crippen LogP contribution in [0.1, 0.15) is 12.8 Å². The third-order valence-electron chi connectivity index (χ3n) is 1.73. The summed E-state index contributed by atoms with van der Waals surface area (Å²) in [5.41, 5.74) is 0. The summed E-state index contributed by atoms with van der Waals surface area (Å²) in [5, 5.41) is 0. The minimum absolute atomic E-state index is 0.288. The van der Waals surface area contributed by atoms with E-state index in [4.69, 9.17) is 0 Å². The van der Waals surface area contributed by atoms with E-state index >= 15 is 0 Å². The quantitative estimate of drug-likeness (QED) is 0.492. The maximum absolute atomic E-state index is 12.4. The van der Waals surface area contributed by atoms with Gasteiger partial charge in [0.1, 0.15) is 12.3 Å². The fraction of sp³-hybridized carbons (Fsp3) is 1.00. The first-order chi connectivity index (χ1) is 4.24. The Hall–Kier alpha value is 0.590. The molecule has 0 saturated heterocycles. The van der Waals surface area contributed by atoms with Crippen molar-refractivity contribution in [3.8, 4) is 0 Å².